The summed E-state index contributed by atoms with van der Waals surface area (Å²) in [5.74, 6) is 0.804. The summed E-state index contributed by atoms with van der Waals surface area (Å²) in [5.41, 5.74) is 1.68. The van der Waals surface area contributed by atoms with Gasteiger partial charge in [-0.2, -0.15) is 5.26 Å². The van der Waals surface area contributed by atoms with E-state index in [1.54, 1.807) is 0 Å². The molecule has 0 radical (unpaired) electrons. The normalized spacial score (nSPS) is 24.1. The first kappa shape index (κ1) is 11.5. The van der Waals surface area contributed by atoms with Crippen molar-refractivity contribution >= 4 is 21.6 Å². The van der Waals surface area contributed by atoms with Gasteiger partial charge in [0.2, 0.25) is 0 Å². The van der Waals surface area contributed by atoms with E-state index in [0.717, 1.165) is 16.1 Å². The second-order valence-corrected chi connectivity index (χ2v) is 5.48. The Labute approximate surface area is 105 Å². The van der Waals surface area contributed by atoms with Gasteiger partial charge in [0.05, 0.1) is 11.3 Å². The Hall–Kier alpha value is -1.01. The number of rotatable bonds is 2. The summed E-state index contributed by atoms with van der Waals surface area (Å²) in [6.07, 6.45) is 3.71. The molecule has 0 aliphatic heterocycles. The van der Waals surface area contributed by atoms with Gasteiger partial charge in [-0.3, -0.25) is 0 Å². The summed E-state index contributed by atoms with van der Waals surface area (Å²) in [5, 5.41) is 12.5. The summed E-state index contributed by atoms with van der Waals surface area (Å²) in [7, 11) is 0. The highest BCUT2D eigenvalue weighted by Crippen LogP contribution is 2.29. The third kappa shape index (κ3) is 2.56. The molecule has 0 spiro atoms. The quantitative estimate of drug-likeness (QED) is 0.890. The van der Waals surface area contributed by atoms with Gasteiger partial charge < -0.3 is 5.32 Å². The van der Waals surface area contributed by atoms with E-state index in [0.29, 0.717) is 11.6 Å². The maximum Gasteiger partial charge on any atom is 0.101 e. The lowest BCUT2D eigenvalue weighted by atomic mass is 10.1. The summed E-state index contributed by atoms with van der Waals surface area (Å²) in [6.45, 7) is 2.29. The van der Waals surface area contributed by atoms with Crippen LogP contribution >= 0.6 is 15.9 Å². The van der Waals surface area contributed by atoms with Crippen LogP contribution < -0.4 is 5.32 Å². The van der Waals surface area contributed by atoms with Crippen molar-refractivity contribution in [2.24, 2.45) is 5.92 Å². The first-order valence-corrected chi connectivity index (χ1v) is 6.44. The van der Waals surface area contributed by atoms with E-state index in [9.17, 15) is 0 Å². The maximum atomic E-state index is 9.06. The molecule has 84 valence electrons. The van der Waals surface area contributed by atoms with E-state index in [1.165, 1.54) is 19.3 Å². The van der Waals surface area contributed by atoms with Gasteiger partial charge in [-0.1, -0.05) is 22.9 Å². The zero-order chi connectivity index (χ0) is 11.5. The summed E-state index contributed by atoms with van der Waals surface area (Å²) < 4.78 is 0.953. The van der Waals surface area contributed by atoms with Crippen molar-refractivity contribution in [1.29, 1.82) is 5.26 Å². The molecular formula is C13H15BrN2. The number of nitrogens with zero attached hydrogens (tertiary/aromatic N) is 1. The van der Waals surface area contributed by atoms with Crippen molar-refractivity contribution < 1.29 is 0 Å². The summed E-state index contributed by atoms with van der Waals surface area (Å²) in [4.78, 5) is 0. The Morgan fingerprint density at radius 2 is 2.25 bits per heavy atom. The van der Waals surface area contributed by atoms with E-state index in [4.69, 9.17) is 5.26 Å². The second kappa shape index (κ2) is 4.88. The molecule has 2 unspecified atom stereocenters. The number of hydrogen-bond acceptors (Lipinski definition) is 2. The minimum absolute atomic E-state index is 0.531. The van der Waals surface area contributed by atoms with E-state index < -0.39 is 0 Å². The van der Waals surface area contributed by atoms with Gasteiger partial charge >= 0.3 is 0 Å². The molecule has 0 amide bonds. The molecule has 1 saturated carbocycles. The number of hydrogen-bond donors (Lipinski definition) is 1. The number of halogens is 1. The second-order valence-electron chi connectivity index (χ2n) is 4.56. The molecule has 0 saturated heterocycles. The topological polar surface area (TPSA) is 35.8 Å². The molecule has 1 N–H and O–H groups in total. The predicted octanol–water partition coefficient (Wildman–Crippen LogP) is 3.92. The van der Waals surface area contributed by atoms with Crippen LogP contribution in [0.15, 0.2) is 22.7 Å². The van der Waals surface area contributed by atoms with E-state index in [2.05, 4.69) is 34.2 Å². The molecule has 0 bridgehead atoms. The van der Waals surface area contributed by atoms with E-state index in [-0.39, 0.29) is 0 Å². The SMILES string of the molecule is CC1CCC(Nc2ccc(Br)cc2C#N)C1. The van der Waals surface area contributed by atoms with Crippen LogP contribution in [-0.4, -0.2) is 6.04 Å². The molecule has 0 heterocycles. The maximum absolute atomic E-state index is 9.06. The van der Waals surface area contributed by atoms with Crippen molar-refractivity contribution in [1.82, 2.24) is 0 Å². The van der Waals surface area contributed by atoms with Gasteiger partial charge in [-0.05, 0) is 43.4 Å². The highest BCUT2D eigenvalue weighted by atomic mass is 79.9. The van der Waals surface area contributed by atoms with Crippen LogP contribution in [0.3, 0.4) is 0 Å². The van der Waals surface area contributed by atoms with Crippen molar-refractivity contribution in [3.8, 4) is 6.07 Å². The van der Waals surface area contributed by atoms with Crippen LogP contribution in [0.25, 0.3) is 0 Å². The minimum Gasteiger partial charge on any atom is -0.381 e. The zero-order valence-electron chi connectivity index (χ0n) is 9.33. The van der Waals surface area contributed by atoms with Gasteiger partial charge in [0.15, 0.2) is 0 Å². The van der Waals surface area contributed by atoms with Gasteiger partial charge in [-0.25, -0.2) is 0 Å². The smallest absolute Gasteiger partial charge is 0.101 e. The number of anilines is 1. The van der Waals surface area contributed by atoms with Crippen molar-refractivity contribution in [2.45, 2.75) is 32.2 Å². The Balaban J connectivity index is 2.12. The van der Waals surface area contributed by atoms with Gasteiger partial charge in [0, 0.05) is 10.5 Å². The van der Waals surface area contributed by atoms with Crippen LogP contribution in [0.2, 0.25) is 0 Å². The fourth-order valence-corrected chi connectivity index (χ4v) is 2.65. The largest absolute Gasteiger partial charge is 0.381 e. The molecule has 16 heavy (non-hydrogen) atoms. The molecule has 2 atom stereocenters. The standard InChI is InChI=1S/C13H15BrN2/c1-9-2-4-12(6-9)16-13-5-3-11(14)7-10(13)8-15/h3,5,7,9,12,16H,2,4,6H2,1H3. The highest BCUT2D eigenvalue weighted by molar-refractivity contribution is 9.10. The molecule has 1 aromatic rings. The van der Waals surface area contributed by atoms with E-state index >= 15 is 0 Å². The number of nitriles is 1. The molecule has 1 fully saturated rings. The lowest BCUT2D eigenvalue weighted by Crippen LogP contribution is -2.16. The number of benzene rings is 1. The molecule has 1 aliphatic carbocycles. The molecule has 2 rings (SSSR count). The Morgan fingerprint density at radius 3 is 2.88 bits per heavy atom. The third-order valence-electron chi connectivity index (χ3n) is 3.16. The van der Waals surface area contributed by atoms with Crippen molar-refractivity contribution in [3.05, 3.63) is 28.2 Å². The van der Waals surface area contributed by atoms with Crippen LogP contribution in [0.5, 0.6) is 0 Å². The van der Waals surface area contributed by atoms with Crippen LogP contribution in [0.4, 0.5) is 5.69 Å². The van der Waals surface area contributed by atoms with Crippen molar-refractivity contribution in [2.75, 3.05) is 5.32 Å². The van der Waals surface area contributed by atoms with E-state index in [1.807, 2.05) is 18.2 Å². The van der Waals surface area contributed by atoms with Gasteiger partial charge in [-0.15, -0.1) is 0 Å². The molecule has 1 aromatic carbocycles. The van der Waals surface area contributed by atoms with Crippen LogP contribution in [-0.2, 0) is 0 Å². The number of nitrogens with one attached hydrogen (secondary N) is 1. The Bertz CT molecular complexity index is 422. The first-order valence-electron chi connectivity index (χ1n) is 5.65. The lowest BCUT2D eigenvalue weighted by Gasteiger charge is -2.15. The molecule has 1 aliphatic rings. The average molecular weight is 279 g/mol. The first-order chi connectivity index (χ1) is 7.69. The van der Waals surface area contributed by atoms with Gasteiger partial charge in [0.25, 0.3) is 0 Å². The van der Waals surface area contributed by atoms with Crippen molar-refractivity contribution in [3.63, 3.8) is 0 Å². The Morgan fingerprint density at radius 1 is 1.44 bits per heavy atom. The van der Waals surface area contributed by atoms with Crippen LogP contribution in [0.1, 0.15) is 31.7 Å². The molecule has 0 aromatic heterocycles. The fraction of sp³-hybridized carbons (Fsp3) is 0.462. The monoisotopic (exact) mass is 278 g/mol. The van der Waals surface area contributed by atoms with Gasteiger partial charge in [0.1, 0.15) is 6.07 Å². The fourth-order valence-electron chi connectivity index (χ4n) is 2.29. The lowest BCUT2D eigenvalue weighted by molar-refractivity contribution is 0.602. The molecular weight excluding hydrogens is 264 g/mol. The molecule has 2 nitrogen and oxygen atoms in total. The third-order valence-corrected chi connectivity index (χ3v) is 3.65. The average Bonchev–Trinajstić information content (AvgIpc) is 2.67. The Kier molecular flexibility index (Phi) is 3.50. The predicted molar refractivity (Wildman–Crippen MR) is 69.3 cm³/mol. The summed E-state index contributed by atoms with van der Waals surface area (Å²) >= 11 is 3.38. The molecule has 3 heteroatoms. The highest BCUT2D eigenvalue weighted by Gasteiger charge is 2.21. The van der Waals surface area contributed by atoms with Crippen LogP contribution in [0, 0.1) is 17.2 Å². The minimum atomic E-state index is 0.531. The summed E-state index contributed by atoms with van der Waals surface area (Å²) in [6, 6.07) is 8.57. The zero-order valence-corrected chi connectivity index (χ0v) is 10.9.